The molecule has 15 heavy (non-hydrogen) atoms. The molecule has 5 heteroatoms. The van der Waals surface area contributed by atoms with E-state index >= 15 is 0 Å². The van der Waals surface area contributed by atoms with E-state index in [-0.39, 0.29) is 23.2 Å². The van der Waals surface area contributed by atoms with Gasteiger partial charge >= 0.3 is 0 Å². The van der Waals surface area contributed by atoms with E-state index in [4.69, 9.17) is 10.5 Å². The third-order valence-electron chi connectivity index (χ3n) is 1.93. The highest BCUT2D eigenvalue weighted by Gasteiger charge is 2.16. The summed E-state index contributed by atoms with van der Waals surface area (Å²) >= 11 is 0. The molecular weight excluding hydrogens is 200 g/mol. The van der Waals surface area contributed by atoms with Crippen LogP contribution in [0.2, 0.25) is 0 Å². The maximum atomic E-state index is 12.5. The van der Waals surface area contributed by atoms with E-state index in [1.807, 2.05) is 0 Å². The molecule has 3 nitrogen and oxygen atoms in total. The van der Waals surface area contributed by atoms with Crippen molar-refractivity contribution in [1.82, 2.24) is 4.98 Å². The molecule has 0 amide bonds. The average molecular weight is 207 g/mol. The normalized spacial score (nSPS) is 9.73. The fraction of sp³-hybridized carbons (Fsp3) is 0.300. The minimum atomic E-state index is -2.71. The fourth-order valence-electron chi connectivity index (χ4n) is 1.19. The monoisotopic (exact) mass is 207 g/mol. The highest BCUT2D eigenvalue weighted by Crippen LogP contribution is 2.24. The summed E-state index contributed by atoms with van der Waals surface area (Å²) < 4.78 is 25.1. The van der Waals surface area contributed by atoms with Gasteiger partial charge in [-0.25, -0.2) is 8.78 Å². The van der Waals surface area contributed by atoms with Crippen LogP contribution in [0.5, 0.6) is 0 Å². The smallest absolute Gasteiger partial charge is 0.255 e. The molecule has 0 aliphatic heterocycles. The standard InChI is InChI=1S/C10H7F2N3/c1-6-7(5-14)4-8(10(11)12)9(15-6)2-3-13/h4,10H,2H2,1H3. The summed E-state index contributed by atoms with van der Waals surface area (Å²) in [5, 5.41) is 17.1. The van der Waals surface area contributed by atoms with E-state index in [9.17, 15) is 8.78 Å². The predicted octanol–water partition coefficient (Wildman–Crippen LogP) is 2.27. The molecule has 0 atom stereocenters. The van der Waals surface area contributed by atoms with Crippen LogP contribution in [-0.4, -0.2) is 4.98 Å². The van der Waals surface area contributed by atoms with Crippen molar-refractivity contribution in [2.24, 2.45) is 0 Å². The summed E-state index contributed by atoms with van der Waals surface area (Å²) in [5.41, 5.74) is 0.196. The van der Waals surface area contributed by atoms with Crippen molar-refractivity contribution in [3.05, 3.63) is 28.6 Å². The van der Waals surface area contributed by atoms with E-state index in [0.29, 0.717) is 5.69 Å². The van der Waals surface area contributed by atoms with Crippen molar-refractivity contribution in [3.63, 3.8) is 0 Å². The summed E-state index contributed by atoms with van der Waals surface area (Å²) in [7, 11) is 0. The molecule has 0 fully saturated rings. The molecule has 0 aromatic carbocycles. The third kappa shape index (κ3) is 2.26. The number of hydrogen-bond donors (Lipinski definition) is 0. The molecule has 0 saturated carbocycles. The van der Waals surface area contributed by atoms with Gasteiger partial charge in [-0.2, -0.15) is 10.5 Å². The number of aryl methyl sites for hydroxylation is 1. The molecule has 0 radical (unpaired) electrons. The summed E-state index contributed by atoms with van der Waals surface area (Å²) in [5.74, 6) is 0. The highest BCUT2D eigenvalue weighted by atomic mass is 19.3. The van der Waals surface area contributed by atoms with Crippen LogP contribution in [0.3, 0.4) is 0 Å². The lowest BCUT2D eigenvalue weighted by molar-refractivity contribution is 0.150. The van der Waals surface area contributed by atoms with E-state index in [1.165, 1.54) is 0 Å². The van der Waals surface area contributed by atoms with E-state index < -0.39 is 6.43 Å². The van der Waals surface area contributed by atoms with Gasteiger partial charge in [0.15, 0.2) is 0 Å². The Balaban J connectivity index is 3.35. The lowest BCUT2D eigenvalue weighted by Crippen LogP contribution is -2.02. The van der Waals surface area contributed by atoms with Crippen molar-refractivity contribution < 1.29 is 8.78 Å². The zero-order chi connectivity index (χ0) is 11.4. The molecular formula is C10H7F2N3. The second-order valence-electron chi connectivity index (χ2n) is 2.90. The van der Waals surface area contributed by atoms with Crippen molar-refractivity contribution in [1.29, 1.82) is 10.5 Å². The van der Waals surface area contributed by atoms with E-state index in [0.717, 1.165) is 6.07 Å². The molecule has 1 aromatic heterocycles. The average Bonchev–Trinajstić information content (AvgIpc) is 2.18. The lowest BCUT2D eigenvalue weighted by atomic mass is 10.1. The molecule has 0 aliphatic carbocycles. The number of nitriles is 2. The molecule has 0 saturated heterocycles. The first-order valence-electron chi connectivity index (χ1n) is 4.15. The van der Waals surface area contributed by atoms with Gasteiger partial charge in [0, 0.05) is 5.56 Å². The number of nitrogens with zero attached hydrogens (tertiary/aromatic N) is 3. The van der Waals surface area contributed by atoms with Crippen LogP contribution < -0.4 is 0 Å². The van der Waals surface area contributed by atoms with Gasteiger partial charge in [0.05, 0.1) is 29.4 Å². The van der Waals surface area contributed by atoms with Crippen molar-refractivity contribution in [2.45, 2.75) is 19.8 Å². The number of hydrogen-bond acceptors (Lipinski definition) is 3. The second kappa shape index (κ2) is 4.47. The number of aromatic nitrogens is 1. The SMILES string of the molecule is Cc1nc(CC#N)c(C(F)F)cc1C#N. The Morgan fingerprint density at radius 2 is 2.13 bits per heavy atom. The Bertz CT molecular complexity index is 455. The maximum Gasteiger partial charge on any atom is 0.265 e. The number of pyridine rings is 1. The predicted molar refractivity (Wildman–Crippen MR) is 48.0 cm³/mol. The largest absolute Gasteiger partial charge is 0.265 e. The third-order valence-corrected chi connectivity index (χ3v) is 1.93. The lowest BCUT2D eigenvalue weighted by Gasteiger charge is -2.07. The summed E-state index contributed by atoms with van der Waals surface area (Å²) in [4.78, 5) is 3.83. The quantitative estimate of drug-likeness (QED) is 0.747. The van der Waals surface area contributed by atoms with Gasteiger partial charge in [0.25, 0.3) is 6.43 Å². The zero-order valence-corrected chi connectivity index (χ0v) is 7.96. The Kier molecular flexibility index (Phi) is 3.30. The van der Waals surface area contributed by atoms with Crippen LogP contribution in [0.15, 0.2) is 6.07 Å². The van der Waals surface area contributed by atoms with E-state index in [1.54, 1.807) is 19.1 Å². The summed E-state index contributed by atoms with van der Waals surface area (Å²) in [6, 6.07) is 4.64. The second-order valence-corrected chi connectivity index (χ2v) is 2.90. The Hall–Kier alpha value is -2.01. The minimum absolute atomic E-state index is 0.0454. The van der Waals surface area contributed by atoms with Crippen LogP contribution in [0.25, 0.3) is 0 Å². The Morgan fingerprint density at radius 3 is 2.60 bits per heavy atom. The van der Waals surface area contributed by atoms with Crippen LogP contribution >= 0.6 is 0 Å². The summed E-state index contributed by atoms with van der Waals surface area (Å²) in [6.07, 6.45) is -2.89. The van der Waals surface area contributed by atoms with Gasteiger partial charge in [-0.1, -0.05) is 0 Å². The van der Waals surface area contributed by atoms with Gasteiger partial charge in [-0.05, 0) is 13.0 Å². The van der Waals surface area contributed by atoms with Gasteiger partial charge < -0.3 is 0 Å². The molecule has 0 aliphatic rings. The molecule has 76 valence electrons. The Labute approximate surface area is 85.6 Å². The maximum absolute atomic E-state index is 12.5. The molecule has 0 unspecified atom stereocenters. The zero-order valence-electron chi connectivity index (χ0n) is 7.96. The van der Waals surface area contributed by atoms with Crippen LogP contribution in [0, 0.1) is 29.6 Å². The molecule has 0 spiro atoms. The number of halogens is 2. The summed E-state index contributed by atoms with van der Waals surface area (Å²) in [6.45, 7) is 1.55. The topological polar surface area (TPSA) is 60.5 Å². The van der Waals surface area contributed by atoms with Gasteiger partial charge in [0.1, 0.15) is 6.07 Å². The van der Waals surface area contributed by atoms with Gasteiger partial charge in [-0.3, -0.25) is 4.98 Å². The first-order valence-corrected chi connectivity index (χ1v) is 4.15. The number of alkyl halides is 2. The molecule has 1 rings (SSSR count). The Morgan fingerprint density at radius 1 is 1.47 bits per heavy atom. The molecule has 0 bridgehead atoms. The minimum Gasteiger partial charge on any atom is -0.255 e. The van der Waals surface area contributed by atoms with E-state index in [2.05, 4.69) is 4.98 Å². The van der Waals surface area contributed by atoms with Crippen LogP contribution in [0.1, 0.15) is 28.9 Å². The van der Waals surface area contributed by atoms with Crippen molar-refractivity contribution >= 4 is 0 Å². The highest BCUT2D eigenvalue weighted by molar-refractivity contribution is 5.39. The van der Waals surface area contributed by atoms with Crippen LogP contribution in [0.4, 0.5) is 8.78 Å². The molecule has 0 N–H and O–H groups in total. The molecule has 1 heterocycles. The first kappa shape index (κ1) is 11.1. The number of rotatable bonds is 2. The van der Waals surface area contributed by atoms with Gasteiger partial charge in [-0.15, -0.1) is 0 Å². The van der Waals surface area contributed by atoms with Crippen molar-refractivity contribution in [3.8, 4) is 12.1 Å². The van der Waals surface area contributed by atoms with Crippen molar-refractivity contribution in [2.75, 3.05) is 0 Å². The first-order chi connectivity index (χ1) is 7.10. The fourth-order valence-corrected chi connectivity index (χ4v) is 1.19. The van der Waals surface area contributed by atoms with Gasteiger partial charge in [0.2, 0.25) is 0 Å². The van der Waals surface area contributed by atoms with Crippen LogP contribution in [-0.2, 0) is 6.42 Å². The molecule has 1 aromatic rings.